The number of hydrogen-bond acceptors (Lipinski definition) is 2. The molecule has 0 saturated heterocycles. The van der Waals surface area contributed by atoms with Gasteiger partial charge in [0.1, 0.15) is 0 Å². The number of nitrogens with zero attached hydrogens (tertiary/aromatic N) is 1. The second kappa shape index (κ2) is 4.63. The van der Waals surface area contributed by atoms with Gasteiger partial charge in [0.2, 0.25) is 0 Å². The highest BCUT2D eigenvalue weighted by Gasteiger charge is 2.16. The summed E-state index contributed by atoms with van der Waals surface area (Å²) in [6, 6.07) is 6.24. The van der Waals surface area contributed by atoms with Gasteiger partial charge < -0.3 is 0 Å². The first kappa shape index (κ1) is 11.6. The number of hydrazine groups is 1. The van der Waals surface area contributed by atoms with Crippen molar-refractivity contribution in [2.45, 2.75) is 13.3 Å². The minimum absolute atomic E-state index is 0.871. The molecule has 18 heavy (non-hydrogen) atoms. The topological polar surface area (TPSA) is 15.3 Å². The molecule has 2 aliphatic heterocycles. The van der Waals surface area contributed by atoms with E-state index >= 15 is 0 Å². The minimum Gasteiger partial charge on any atom is -0.284 e. The Morgan fingerprint density at radius 1 is 1.39 bits per heavy atom. The zero-order valence-electron chi connectivity index (χ0n) is 10.3. The van der Waals surface area contributed by atoms with E-state index in [9.17, 15) is 0 Å². The highest BCUT2D eigenvalue weighted by Crippen LogP contribution is 2.32. The Balaban J connectivity index is 2.04. The van der Waals surface area contributed by atoms with Crippen LogP contribution in [0.5, 0.6) is 0 Å². The molecule has 0 spiro atoms. The van der Waals surface area contributed by atoms with Crippen LogP contribution in [0.25, 0.3) is 5.57 Å². The summed E-state index contributed by atoms with van der Waals surface area (Å²) < 4.78 is 0. The molecule has 1 N–H and O–H groups in total. The molecule has 1 aromatic rings. The molecule has 92 valence electrons. The van der Waals surface area contributed by atoms with Crippen LogP contribution in [-0.2, 0) is 6.42 Å². The number of rotatable bonds is 2. The lowest BCUT2D eigenvalue weighted by atomic mass is 9.99. The Bertz CT molecular complexity index is 570. The van der Waals surface area contributed by atoms with Gasteiger partial charge in [0, 0.05) is 18.3 Å². The van der Waals surface area contributed by atoms with E-state index in [-0.39, 0.29) is 0 Å². The summed E-state index contributed by atoms with van der Waals surface area (Å²) in [6.07, 6.45) is 9.43. The maximum atomic E-state index is 6.46. The third-order valence-corrected chi connectivity index (χ3v) is 3.77. The Morgan fingerprint density at radius 3 is 3.11 bits per heavy atom. The SMILES string of the molecule is CCc1cccc(C2=CC3=CCNN3C=C2)c1Cl. The van der Waals surface area contributed by atoms with Gasteiger partial charge in [-0.2, -0.15) is 0 Å². The summed E-state index contributed by atoms with van der Waals surface area (Å²) in [5.41, 5.74) is 7.91. The van der Waals surface area contributed by atoms with Crippen molar-refractivity contribution in [3.05, 3.63) is 64.5 Å². The van der Waals surface area contributed by atoms with Crippen LogP contribution in [-0.4, -0.2) is 11.6 Å². The van der Waals surface area contributed by atoms with Gasteiger partial charge in [0.05, 0.1) is 10.7 Å². The van der Waals surface area contributed by atoms with Crippen LogP contribution in [0.4, 0.5) is 0 Å². The van der Waals surface area contributed by atoms with Crippen molar-refractivity contribution < 1.29 is 0 Å². The highest BCUT2D eigenvalue weighted by atomic mass is 35.5. The number of halogens is 1. The van der Waals surface area contributed by atoms with Crippen molar-refractivity contribution in [1.82, 2.24) is 10.4 Å². The van der Waals surface area contributed by atoms with Gasteiger partial charge >= 0.3 is 0 Å². The van der Waals surface area contributed by atoms with E-state index in [0.717, 1.165) is 23.6 Å². The number of allylic oxidation sites excluding steroid dienone is 3. The maximum absolute atomic E-state index is 6.46. The molecule has 0 fully saturated rings. The fourth-order valence-corrected chi connectivity index (χ4v) is 2.68. The van der Waals surface area contributed by atoms with Crippen molar-refractivity contribution >= 4 is 17.2 Å². The van der Waals surface area contributed by atoms with E-state index in [1.54, 1.807) is 0 Å². The molecule has 3 rings (SSSR count). The molecule has 0 bridgehead atoms. The normalized spacial score (nSPS) is 17.6. The van der Waals surface area contributed by atoms with Gasteiger partial charge in [-0.1, -0.05) is 36.7 Å². The highest BCUT2D eigenvalue weighted by molar-refractivity contribution is 6.33. The van der Waals surface area contributed by atoms with Gasteiger partial charge in [0.15, 0.2) is 0 Å². The molecule has 0 radical (unpaired) electrons. The molecule has 2 nitrogen and oxygen atoms in total. The molecular formula is C15H15ClN2. The molecule has 0 unspecified atom stereocenters. The van der Waals surface area contributed by atoms with E-state index in [0.29, 0.717) is 0 Å². The van der Waals surface area contributed by atoms with E-state index in [4.69, 9.17) is 11.6 Å². The smallest absolute Gasteiger partial charge is 0.0550 e. The van der Waals surface area contributed by atoms with Gasteiger partial charge in [-0.3, -0.25) is 5.01 Å². The van der Waals surface area contributed by atoms with Crippen LogP contribution in [0.3, 0.4) is 0 Å². The van der Waals surface area contributed by atoms with Crippen LogP contribution in [0, 0.1) is 0 Å². The Kier molecular flexibility index (Phi) is 2.98. The molecular weight excluding hydrogens is 244 g/mol. The summed E-state index contributed by atoms with van der Waals surface area (Å²) in [5.74, 6) is 0. The summed E-state index contributed by atoms with van der Waals surface area (Å²) in [4.78, 5) is 0. The monoisotopic (exact) mass is 258 g/mol. The van der Waals surface area contributed by atoms with Crippen molar-refractivity contribution in [2.24, 2.45) is 0 Å². The largest absolute Gasteiger partial charge is 0.284 e. The third kappa shape index (κ3) is 1.88. The Labute approximate surface area is 112 Å². The molecule has 3 heteroatoms. The summed E-state index contributed by atoms with van der Waals surface area (Å²) >= 11 is 6.46. The number of benzene rings is 1. The minimum atomic E-state index is 0.871. The van der Waals surface area contributed by atoms with Crippen molar-refractivity contribution in [2.75, 3.05) is 6.54 Å². The molecule has 0 saturated carbocycles. The first-order chi connectivity index (χ1) is 8.79. The second-order valence-corrected chi connectivity index (χ2v) is 4.79. The summed E-state index contributed by atoms with van der Waals surface area (Å²) in [5, 5.41) is 2.90. The van der Waals surface area contributed by atoms with E-state index < -0.39 is 0 Å². The Hall–Kier alpha value is -1.51. The van der Waals surface area contributed by atoms with E-state index in [1.165, 1.54) is 16.8 Å². The number of hydrogen-bond donors (Lipinski definition) is 1. The molecule has 2 heterocycles. The summed E-state index contributed by atoms with van der Waals surface area (Å²) in [6.45, 7) is 3.01. The van der Waals surface area contributed by atoms with Crippen molar-refractivity contribution in [3.8, 4) is 0 Å². The van der Waals surface area contributed by atoms with Gasteiger partial charge in [-0.15, -0.1) is 0 Å². The van der Waals surface area contributed by atoms with Crippen LogP contribution < -0.4 is 5.43 Å². The Morgan fingerprint density at radius 2 is 2.28 bits per heavy atom. The zero-order valence-corrected chi connectivity index (χ0v) is 11.0. The molecule has 0 atom stereocenters. The van der Waals surface area contributed by atoms with Crippen LogP contribution in [0.1, 0.15) is 18.1 Å². The lowest BCUT2D eigenvalue weighted by molar-refractivity contribution is 0.396. The number of nitrogens with one attached hydrogen (secondary N) is 1. The molecule has 0 aliphatic carbocycles. The number of aryl methyl sites for hydroxylation is 1. The fraction of sp³-hybridized carbons (Fsp3) is 0.200. The average Bonchev–Trinajstić information content (AvgIpc) is 2.86. The van der Waals surface area contributed by atoms with Crippen LogP contribution in [0.15, 0.2) is 48.3 Å². The summed E-state index contributed by atoms with van der Waals surface area (Å²) in [7, 11) is 0. The molecule has 2 aliphatic rings. The van der Waals surface area contributed by atoms with Crippen molar-refractivity contribution in [1.29, 1.82) is 0 Å². The van der Waals surface area contributed by atoms with Gasteiger partial charge in [-0.05, 0) is 35.8 Å². The van der Waals surface area contributed by atoms with Gasteiger partial charge in [-0.25, -0.2) is 5.43 Å². The van der Waals surface area contributed by atoms with Crippen LogP contribution >= 0.6 is 11.6 Å². The maximum Gasteiger partial charge on any atom is 0.0550 e. The predicted molar refractivity (Wildman–Crippen MR) is 75.9 cm³/mol. The molecule has 0 amide bonds. The fourth-order valence-electron chi connectivity index (χ4n) is 2.31. The van der Waals surface area contributed by atoms with E-state index in [2.05, 4.69) is 48.8 Å². The standard InChI is InChI=1S/C15H15ClN2/c1-2-11-4-3-5-14(15(11)16)12-7-9-18-13(10-12)6-8-17-18/h3-7,9-10,17H,2,8H2,1H3. The first-order valence-corrected chi connectivity index (χ1v) is 6.58. The number of fused-ring (bicyclic) bond motifs is 1. The average molecular weight is 259 g/mol. The lowest BCUT2D eigenvalue weighted by Gasteiger charge is -2.21. The third-order valence-electron chi connectivity index (χ3n) is 3.33. The van der Waals surface area contributed by atoms with Crippen molar-refractivity contribution in [3.63, 3.8) is 0 Å². The quantitative estimate of drug-likeness (QED) is 0.873. The first-order valence-electron chi connectivity index (χ1n) is 6.20. The molecule has 1 aromatic carbocycles. The van der Waals surface area contributed by atoms with Gasteiger partial charge in [0.25, 0.3) is 0 Å². The zero-order chi connectivity index (χ0) is 12.5. The lowest BCUT2D eigenvalue weighted by Crippen LogP contribution is -2.27. The van der Waals surface area contributed by atoms with Crippen LogP contribution in [0.2, 0.25) is 5.02 Å². The second-order valence-electron chi connectivity index (χ2n) is 4.41. The predicted octanol–water partition coefficient (Wildman–Crippen LogP) is 3.52. The molecule has 0 aromatic heterocycles. The van der Waals surface area contributed by atoms with E-state index in [1.807, 2.05) is 11.2 Å².